The third kappa shape index (κ3) is 3.21. The average Bonchev–Trinajstić information content (AvgIpc) is 3.32. The molecule has 2 nitrogen and oxygen atoms in total. The summed E-state index contributed by atoms with van der Waals surface area (Å²) in [6.07, 6.45) is 16.9. The van der Waals surface area contributed by atoms with Crippen LogP contribution in [0.1, 0.15) is 132 Å². The van der Waals surface area contributed by atoms with Gasteiger partial charge in [-0.15, -0.1) is 0 Å². The molecule has 34 heavy (non-hydrogen) atoms. The number of hydrogen-bond donors (Lipinski definition) is 0. The predicted molar refractivity (Wildman–Crippen MR) is 140 cm³/mol. The Kier molecular flexibility index (Phi) is 5.90. The quantitative estimate of drug-likeness (QED) is 0.362. The summed E-state index contributed by atoms with van der Waals surface area (Å²) in [6, 6.07) is 0. The number of rotatable bonds is 6. The van der Waals surface area contributed by atoms with E-state index in [1.807, 2.05) is 0 Å². The van der Waals surface area contributed by atoms with E-state index in [9.17, 15) is 4.79 Å². The summed E-state index contributed by atoms with van der Waals surface area (Å²) in [5.74, 6) is 4.20. The molecule has 5 saturated carbocycles. The molecule has 0 heterocycles. The van der Waals surface area contributed by atoms with E-state index in [2.05, 4.69) is 48.5 Å². The monoisotopic (exact) mass is 470 g/mol. The van der Waals surface area contributed by atoms with Crippen LogP contribution in [0.25, 0.3) is 0 Å². The average molecular weight is 471 g/mol. The van der Waals surface area contributed by atoms with Crippen LogP contribution in [0.5, 0.6) is 0 Å². The van der Waals surface area contributed by atoms with Gasteiger partial charge in [0, 0.05) is 12.3 Å². The Morgan fingerprint density at radius 3 is 2.18 bits per heavy atom. The van der Waals surface area contributed by atoms with E-state index in [-0.39, 0.29) is 17.5 Å². The van der Waals surface area contributed by atoms with Gasteiger partial charge in [0.05, 0.1) is 0 Å². The summed E-state index contributed by atoms with van der Waals surface area (Å²) in [7, 11) is 0. The molecule has 0 unspecified atom stereocenters. The lowest BCUT2D eigenvalue weighted by molar-refractivity contribution is -0.181. The molecule has 2 spiro atoms. The van der Waals surface area contributed by atoms with E-state index >= 15 is 0 Å². The maximum Gasteiger partial charge on any atom is 0.302 e. The minimum absolute atomic E-state index is 0.0892. The van der Waals surface area contributed by atoms with Crippen molar-refractivity contribution in [3.63, 3.8) is 0 Å². The van der Waals surface area contributed by atoms with Gasteiger partial charge < -0.3 is 4.74 Å². The third-order valence-electron chi connectivity index (χ3n) is 13.5. The molecule has 0 aromatic heterocycles. The van der Waals surface area contributed by atoms with Crippen LogP contribution in [0, 0.1) is 56.7 Å². The van der Waals surface area contributed by atoms with Crippen molar-refractivity contribution in [2.75, 3.05) is 0 Å². The normalized spacial score (nSPS) is 49.4. The van der Waals surface area contributed by atoms with E-state index in [4.69, 9.17) is 4.74 Å². The van der Waals surface area contributed by atoms with E-state index in [0.29, 0.717) is 21.7 Å². The van der Waals surface area contributed by atoms with Crippen LogP contribution in [0.3, 0.4) is 0 Å². The first-order chi connectivity index (χ1) is 15.8. The summed E-state index contributed by atoms with van der Waals surface area (Å²) in [6.45, 7) is 19.3. The number of carbonyl (C=O) groups is 1. The molecular formula is C32H54O2. The molecule has 0 N–H and O–H groups in total. The van der Waals surface area contributed by atoms with Crippen molar-refractivity contribution >= 4 is 5.97 Å². The molecule has 0 aromatic rings. The summed E-state index contributed by atoms with van der Waals surface area (Å²) in [4.78, 5) is 11.8. The van der Waals surface area contributed by atoms with Gasteiger partial charge in [-0.05, 0) is 109 Å². The minimum Gasteiger partial charge on any atom is -0.462 e. The van der Waals surface area contributed by atoms with E-state index in [1.54, 1.807) is 6.92 Å². The Morgan fingerprint density at radius 1 is 0.824 bits per heavy atom. The lowest BCUT2D eigenvalue weighted by Gasteiger charge is -2.63. The van der Waals surface area contributed by atoms with Crippen molar-refractivity contribution < 1.29 is 9.53 Å². The van der Waals surface area contributed by atoms with Gasteiger partial charge in [0.2, 0.25) is 0 Å². The molecule has 5 aliphatic carbocycles. The van der Waals surface area contributed by atoms with Gasteiger partial charge in [-0.2, -0.15) is 0 Å². The Hall–Kier alpha value is -0.530. The predicted octanol–water partition coefficient (Wildman–Crippen LogP) is 8.82. The Bertz CT molecular complexity index is 814. The molecule has 0 saturated heterocycles. The molecule has 0 radical (unpaired) electrons. The highest BCUT2D eigenvalue weighted by Gasteiger charge is 2.82. The zero-order chi connectivity index (χ0) is 24.7. The topological polar surface area (TPSA) is 26.3 Å². The van der Waals surface area contributed by atoms with Crippen LogP contribution in [0.15, 0.2) is 0 Å². The SMILES string of the molecule is CC(=O)O[C@H]1CC[C@]23C[C@]24CC[C@]2(C)[C@@H]([C@H](C)CCCC(C)C)CC[C@@]2(C)[C@@H]4CC[C@@H]3C1(C)C. The first-order valence-electron chi connectivity index (χ1n) is 15.0. The molecule has 9 atom stereocenters. The first kappa shape index (κ1) is 25.1. The zero-order valence-electron chi connectivity index (χ0n) is 23.8. The van der Waals surface area contributed by atoms with Gasteiger partial charge in [0.15, 0.2) is 0 Å². The summed E-state index contributed by atoms with van der Waals surface area (Å²) in [5.41, 5.74) is 2.30. The smallest absolute Gasteiger partial charge is 0.302 e. The van der Waals surface area contributed by atoms with Crippen molar-refractivity contribution in [2.45, 2.75) is 139 Å². The lowest BCUT2D eigenvalue weighted by atomic mass is 9.41. The van der Waals surface area contributed by atoms with Crippen LogP contribution in [0.2, 0.25) is 0 Å². The molecule has 5 rings (SSSR count). The number of hydrogen-bond acceptors (Lipinski definition) is 2. The molecule has 0 aliphatic heterocycles. The summed E-state index contributed by atoms with van der Waals surface area (Å²) < 4.78 is 5.91. The molecule has 0 aromatic carbocycles. The summed E-state index contributed by atoms with van der Waals surface area (Å²) >= 11 is 0. The van der Waals surface area contributed by atoms with Gasteiger partial charge >= 0.3 is 5.97 Å². The Labute approximate surface area is 210 Å². The maximum atomic E-state index is 11.8. The van der Waals surface area contributed by atoms with Gasteiger partial charge in [-0.25, -0.2) is 0 Å². The van der Waals surface area contributed by atoms with Crippen LogP contribution < -0.4 is 0 Å². The lowest BCUT2D eigenvalue weighted by Crippen LogP contribution is -2.58. The highest BCUT2D eigenvalue weighted by Crippen LogP contribution is 2.89. The van der Waals surface area contributed by atoms with E-state index in [1.165, 1.54) is 70.6 Å². The van der Waals surface area contributed by atoms with Gasteiger partial charge in [0.25, 0.3) is 0 Å². The van der Waals surface area contributed by atoms with Crippen LogP contribution in [-0.2, 0) is 9.53 Å². The van der Waals surface area contributed by atoms with Crippen LogP contribution in [-0.4, -0.2) is 12.1 Å². The van der Waals surface area contributed by atoms with E-state index < -0.39 is 0 Å². The largest absolute Gasteiger partial charge is 0.462 e. The van der Waals surface area contributed by atoms with Crippen molar-refractivity contribution in [1.82, 2.24) is 0 Å². The number of esters is 1. The van der Waals surface area contributed by atoms with Crippen molar-refractivity contribution in [2.24, 2.45) is 56.7 Å². The Balaban J connectivity index is 1.37. The fourth-order valence-electron chi connectivity index (χ4n) is 11.7. The number of carbonyl (C=O) groups excluding carboxylic acids is 1. The maximum absolute atomic E-state index is 11.8. The zero-order valence-corrected chi connectivity index (χ0v) is 23.8. The fourth-order valence-corrected chi connectivity index (χ4v) is 11.7. The fraction of sp³-hybridized carbons (Fsp3) is 0.969. The minimum atomic E-state index is -0.0892. The van der Waals surface area contributed by atoms with Crippen LogP contribution in [0.4, 0.5) is 0 Å². The highest BCUT2D eigenvalue weighted by atomic mass is 16.5. The van der Waals surface area contributed by atoms with Gasteiger partial charge in [0.1, 0.15) is 6.10 Å². The molecule has 0 bridgehead atoms. The standard InChI is InChI=1S/C32H54O2/c1-21(2)10-9-11-22(3)24-14-16-30(8)26-13-12-25-28(5,6)27(34-23(4)33)15-17-31(25)20-32(26,31)19-18-29(24,30)7/h21-22,24-27H,9-20H2,1-8H3/t22-,24-,25-,26+,27+,29-,30+,31-,32+/m1/s1. The number of fused-ring (bicyclic) bond motifs is 2. The summed E-state index contributed by atoms with van der Waals surface area (Å²) in [5, 5.41) is 0. The van der Waals surface area contributed by atoms with Crippen molar-refractivity contribution in [3.8, 4) is 0 Å². The molecule has 5 fully saturated rings. The highest BCUT2D eigenvalue weighted by molar-refractivity contribution is 5.66. The molecular weight excluding hydrogens is 416 g/mol. The van der Waals surface area contributed by atoms with Crippen molar-refractivity contribution in [3.05, 3.63) is 0 Å². The second-order valence-corrected chi connectivity index (χ2v) is 15.4. The molecule has 0 amide bonds. The number of ether oxygens (including phenoxy) is 1. The molecule has 194 valence electrons. The molecule has 5 aliphatic rings. The van der Waals surface area contributed by atoms with Gasteiger partial charge in [-0.3, -0.25) is 4.79 Å². The Morgan fingerprint density at radius 2 is 1.50 bits per heavy atom. The molecule has 2 heteroatoms. The van der Waals surface area contributed by atoms with Gasteiger partial charge in [-0.1, -0.05) is 67.7 Å². The first-order valence-corrected chi connectivity index (χ1v) is 15.0. The second kappa shape index (κ2) is 7.98. The van der Waals surface area contributed by atoms with E-state index in [0.717, 1.165) is 36.0 Å². The second-order valence-electron chi connectivity index (χ2n) is 15.4. The van der Waals surface area contributed by atoms with Crippen LogP contribution >= 0.6 is 0 Å². The van der Waals surface area contributed by atoms with Crippen molar-refractivity contribution in [1.29, 1.82) is 0 Å². The third-order valence-corrected chi connectivity index (χ3v) is 13.5.